The van der Waals surface area contributed by atoms with Crippen LogP contribution in [0.1, 0.15) is 36.5 Å². The van der Waals surface area contributed by atoms with Crippen LogP contribution in [-0.2, 0) is 0 Å². The lowest BCUT2D eigenvalue weighted by Crippen LogP contribution is -2.36. The Morgan fingerprint density at radius 1 is 1.30 bits per heavy atom. The molecule has 4 heteroatoms. The van der Waals surface area contributed by atoms with E-state index in [1.165, 1.54) is 12.8 Å². The summed E-state index contributed by atoms with van der Waals surface area (Å²) >= 11 is 6.08. The first-order valence-electron chi connectivity index (χ1n) is 7.01. The number of fused-ring (bicyclic) bond motifs is 1. The molecule has 1 saturated carbocycles. The molecule has 2 aromatic rings. The highest BCUT2D eigenvalue weighted by Gasteiger charge is 2.25. The molecule has 0 bridgehead atoms. The van der Waals surface area contributed by atoms with Gasteiger partial charge in [0.1, 0.15) is 5.15 Å². The van der Waals surface area contributed by atoms with Gasteiger partial charge in [0, 0.05) is 17.6 Å². The minimum Gasteiger partial charge on any atom is -0.349 e. The molecule has 104 valence electrons. The Morgan fingerprint density at radius 3 is 2.75 bits per heavy atom. The van der Waals surface area contributed by atoms with Gasteiger partial charge in [0.2, 0.25) is 0 Å². The smallest absolute Gasteiger partial charge is 0.253 e. The molecule has 1 fully saturated rings. The molecule has 0 spiro atoms. The Bertz CT molecular complexity index is 656. The summed E-state index contributed by atoms with van der Waals surface area (Å²) in [4.78, 5) is 16.6. The summed E-state index contributed by atoms with van der Waals surface area (Å²) in [6, 6.07) is 7.89. The number of benzene rings is 1. The van der Waals surface area contributed by atoms with Crippen LogP contribution in [0.2, 0.25) is 5.15 Å². The molecule has 2 unspecified atom stereocenters. The standard InChI is InChI=1S/C16H17ClN2O/c1-10-5-4-8-14(10)19-16(20)13-9-18-15(17)12-7-3-2-6-11(12)13/h2-3,6-7,9-10,14H,4-5,8H2,1H3,(H,19,20). The van der Waals surface area contributed by atoms with Gasteiger partial charge in [-0.15, -0.1) is 0 Å². The molecule has 1 heterocycles. The molecule has 1 aliphatic rings. The quantitative estimate of drug-likeness (QED) is 0.854. The fourth-order valence-corrected chi connectivity index (χ4v) is 3.16. The first-order valence-corrected chi connectivity index (χ1v) is 7.38. The van der Waals surface area contributed by atoms with Gasteiger partial charge in [0.05, 0.1) is 5.56 Å². The van der Waals surface area contributed by atoms with Gasteiger partial charge in [-0.1, -0.05) is 49.2 Å². The van der Waals surface area contributed by atoms with E-state index < -0.39 is 0 Å². The van der Waals surface area contributed by atoms with Crippen LogP contribution < -0.4 is 5.32 Å². The third-order valence-electron chi connectivity index (χ3n) is 4.17. The lowest BCUT2D eigenvalue weighted by Gasteiger charge is -2.18. The van der Waals surface area contributed by atoms with Crippen LogP contribution in [-0.4, -0.2) is 16.9 Å². The summed E-state index contributed by atoms with van der Waals surface area (Å²) in [5.41, 5.74) is 0.601. The van der Waals surface area contributed by atoms with Crippen molar-refractivity contribution in [2.24, 2.45) is 5.92 Å². The van der Waals surface area contributed by atoms with Gasteiger partial charge < -0.3 is 5.32 Å². The monoisotopic (exact) mass is 288 g/mol. The number of nitrogens with zero attached hydrogens (tertiary/aromatic N) is 1. The highest BCUT2D eigenvalue weighted by molar-refractivity contribution is 6.34. The maximum atomic E-state index is 12.5. The summed E-state index contributed by atoms with van der Waals surface area (Å²) in [5, 5.41) is 5.25. The topological polar surface area (TPSA) is 42.0 Å². The molecule has 0 radical (unpaired) electrons. The van der Waals surface area contributed by atoms with Crippen molar-refractivity contribution in [3.05, 3.63) is 41.2 Å². The second-order valence-corrected chi connectivity index (χ2v) is 5.85. The largest absolute Gasteiger partial charge is 0.349 e. The number of halogens is 1. The highest BCUT2D eigenvalue weighted by Crippen LogP contribution is 2.27. The van der Waals surface area contributed by atoms with E-state index in [1.54, 1.807) is 6.20 Å². The number of carbonyl (C=O) groups is 1. The summed E-state index contributed by atoms with van der Waals surface area (Å²) < 4.78 is 0. The van der Waals surface area contributed by atoms with Gasteiger partial charge in [-0.3, -0.25) is 4.79 Å². The third-order valence-corrected chi connectivity index (χ3v) is 4.47. The average Bonchev–Trinajstić information content (AvgIpc) is 2.85. The number of nitrogens with one attached hydrogen (secondary N) is 1. The fourth-order valence-electron chi connectivity index (χ4n) is 2.95. The van der Waals surface area contributed by atoms with Crippen LogP contribution in [0.15, 0.2) is 30.5 Å². The molecule has 1 amide bonds. The van der Waals surface area contributed by atoms with Crippen LogP contribution >= 0.6 is 11.6 Å². The summed E-state index contributed by atoms with van der Waals surface area (Å²) in [6.07, 6.45) is 5.00. The maximum absolute atomic E-state index is 12.5. The maximum Gasteiger partial charge on any atom is 0.253 e. The summed E-state index contributed by atoms with van der Waals surface area (Å²) in [5.74, 6) is 0.495. The van der Waals surface area contributed by atoms with E-state index in [2.05, 4.69) is 17.2 Å². The van der Waals surface area contributed by atoms with E-state index in [0.717, 1.165) is 17.2 Å². The number of rotatable bonds is 2. The van der Waals surface area contributed by atoms with Crippen molar-refractivity contribution >= 4 is 28.3 Å². The van der Waals surface area contributed by atoms with E-state index in [9.17, 15) is 4.79 Å². The normalized spacial score (nSPS) is 22.1. The molecule has 3 rings (SSSR count). The van der Waals surface area contributed by atoms with Gasteiger partial charge in [-0.25, -0.2) is 4.98 Å². The molecule has 2 atom stereocenters. The molecule has 1 aromatic heterocycles. The van der Waals surface area contributed by atoms with Crippen LogP contribution in [0.3, 0.4) is 0 Å². The highest BCUT2D eigenvalue weighted by atomic mass is 35.5. The third kappa shape index (κ3) is 2.38. The SMILES string of the molecule is CC1CCCC1NC(=O)c1cnc(Cl)c2ccccc12. The molecule has 3 nitrogen and oxygen atoms in total. The molecular formula is C16H17ClN2O. The van der Waals surface area contributed by atoms with E-state index in [0.29, 0.717) is 16.6 Å². The zero-order chi connectivity index (χ0) is 14.1. The lowest BCUT2D eigenvalue weighted by atomic mass is 10.0. The van der Waals surface area contributed by atoms with Crippen molar-refractivity contribution in [2.75, 3.05) is 0 Å². The number of pyridine rings is 1. The van der Waals surface area contributed by atoms with Crippen LogP contribution in [0, 0.1) is 5.92 Å². The first kappa shape index (κ1) is 13.4. The Hall–Kier alpha value is -1.61. The second kappa shape index (κ2) is 5.41. The van der Waals surface area contributed by atoms with Crippen LogP contribution in [0.25, 0.3) is 10.8 Å². The Kier molecular flexibility index (Phi) is 3.62. The van der Waals surface area contributed by atoms with Crippen molar-refractivity contribution in [1.82, 2.24) is 10.3 Å². The van der Waals surface area contributed by atoms with Crippen molar-refractivity contribution in [3.63, 3.8) is 0 Å². The van der Waals surface area contributed by atoms with E-state index in [4.69, 9.17) is 11.6 Å². The molecule has 20 heavy (non-hydrogen) atoms. The second-order valence-electron chi connectivity index (χ2n) is 5.50. The van der Waals surface area contributed by atoms with Crippen molar-refractivity contribution in [2.45, 2.75) is 32.2 Å². The summed E-state index contributed by atoms with van der Waals surface area (Å²) in [7, 11) is 0. The van der Waals surface area contributed by atoms with Crippen LogP contribution in [0.4, 0.5) is 0 Å². The number of hydrogen-bond acceptors (Lipinski definition) is 2. The van der Waals surface area contributed by atoms with Gasteiger partial charge in [0.15, 0.2) is 0 Å². The first-order chi connectivity index (χ1) is 9.66. The van der Waals surface area contributed by atoms with Gasteiger partial charge in [-0.2, -0.15) is 0 Å². The number of hydrogen-bond donors (Lipinski definition) is 1. The zero-order valence-electron chi connectivity index (χ0n) is 11.4. The van der Waals surface area contributed by atoms with Gasteiger partial charge >= 0.3 is 0 Å². The van der Waals surface area contributed by atoms with E-state index in [-0.39, 0.29) is 11.9 Å². The molecule has 1 aromatic carbocycles. The van der Waals surface area contributed by atoms with Crippen molar-refractivity contribution < 1.29 is 4.79 Å². The number of amides is 1. The predicted molar refractivity (Wildman–Crippen MR) is 81.0 cm³/mol. The minimum absolute atomic E-state index is 0.0517. The van der Waals surface area contributed by atoms with E-state index >= 15 is 0 Å². The Morgan fingerprint density at radius 2 is 2.05 bits per heavy atom. The average molecular weight is 289 g/mol. The minimum atomic E-state index is -0.0517. The van der Waals surface area contributed by atoms with E-state index in [1.807, 2.05) is 24.3 Å². The number of carbonyl (C=O) groups excluding carboxylic acids is 1. The molecule has 0 saturated heterocycles. The van der Waals surface area contributed by atoms with Gasteiger partial charge in [-0.05, 0) is 24.1 Å². The molecule has 1 aliphatic carbocycles. The molecular weight excluding hydrogens is 272 g/mol. The lowest BCUT2D eigenvalue weighted by molar-refractivity contribution is 0.0931. The van der Waals surface area contributed by atoms with Crippen molar-refractivity contribution in [3.8, 4) is 0 Å². The summed E-state index contributed by atoms with van der Waals surface area (Å²) in [6.45, 7) is 2.19. The van der Waals surface area contributed by atoms with Gasteiger partial charge in [0.25, 0.3) is 5.91 Å². The van der Waals surface area contributed by atoms with Crippen LogP contribution in [0.5, 0.6) is 0 Å². The Labute approximate surface area is 123 Å². The predicted octanol–water partition coefficient (Wildman–Crippen LogP) is 3.81. The molecule has 0 aliphatic heterocycles. The number of aromatic nitrogens is 1. The Balaban J connectivity index is 1.94. The van der Waals surface area contributed by atoms with Crippen molar-refractivity contribution in [1.29, 1.82) is 0 Å². The fraction of sp³-hybridized carbons (Fsp3) is 0.375. The zero-order valence-corrected chi connectivity index (χ0v) is 12.2. The molecule has 1 N–H and O–H groups in total.